The lowest BCUT2D eigenvalue weighted by Crippen LogP contribution is -2.40. The third kappa shape index (κ3) is 6.38. The number of ether oxygens (including phenoxy) is 1. The quantitative estimate of drug-likeness (QED) is 0.387. The first-order valence-corrected chi connectivity index (χ1v) is 9.79. The van der Waals surface area contributed by atoms with Crippen LogP contribution >= 0.6 is 0 Å². The van der Waals surface area contributed by atoms with Gasteiger partial charge < -0.3 is 4.74 Å². The number of hydrogen-bond acceptors (Lipinski definition) is 3. The highest BCUT2D eigenvalue weighted by Crippen LogP contribution is 2.30. The fourth-order valence-electron chi connectivity index (χ4n) is 2.77. The SMILES string of the molecule is Bc1ccc(C(=O)/C=C/c2cc(F)c(OC(C)(C)C(=O)CC(C)(C)C)c(F)c2)cc1. The average molecular weight is 412 g/mol. The summed E-state index contributed by atoms with van der Waals surface area (Å²) >= 11 is 0. The van der Waals surface area contributed by atoms with Crippen LogP contribution in [0.4, 0.5) is 8.78 Å². The number of hydrogen-bond donors (Lipinski definition) is 0. The maximum Gasteiger partial charge on any atom is 0.192 e. The summed E-state index contributed by atoms with van der Waals surface area (Å²) in [5, 5.41) is 0. The van der Waals surface area contributed by atoms with Crippen LogP contribution in [0.1, 0.15) is 57.0 Å². The molecule has 0 radical (unpaired) electrons. The lowest BCUT2D eigenvalue weighted by atomic mass is 9.85. The number of allylic oxidation sites excluding steroid dienone is 1. The Morgan fingerprint density at radius 3 is 2.03 bits per heavy atom. The zero-order valence-corrected chi connectivity index (χ0v) is 18.3. The molecule has 6 heteroatoms. The molecular weight excluding hydrogens is 385 g/mol. The molecule has 2 aromatic rings. The van der Waals surface area contributed by atoms with E-state index in [1.165, 1.54) is 26.0 Å². The second-order valence-corrected chi connectivity index (χ2v) is 9.15. The second-order valence-electron chi connectivity index (χ2n) is 9.15. The number of carbonyl (C=O) groups excluding carboxylic acids is 2. The topological polar surface area (TPSA) is 43.4 Å². The first-order valence-electron chi connectivity index (χ1n) is 9.79. The molecule has 0 amide bonds. The number of Topliss-reactive ketones (excluding diaryl/α,β-unsaturated/α-hetero) is 1. The van der Waals surface area contributed by atoms with Crippen molar-refractivity contribution in [3.8, 4) is 5.75 Å². The predicted octanol–water partition coefficient (Wildman–Crippen LogP) is 4.28. The van der Waals surface area contributed by atoms with E-state index in [2.05, 4.69) is 0 Å². The minimum absolute atomic E-state index is 0.177. The van der Waals surface area contributed by atoms with E-state index in [-0.39, 0.29) is 29.0 Å². The Bertz CT molecular complexity index is 948. The molecule has 0 atom stereocenters. The molecule has 0 aromatic heterocycles. The molecule has 0 N–H and O–H groups in total. The van der Waals surface area contributed by atoms with Gasteiger partial charge in [0.05, 0.1) is 0 Å². The molecule has 0 aliphatic carbocycles. The molecule has 0 bridgehead atoms. The Balaban J connectivity index is 2.19. The number of carbonyl (C=O) groups is 2. The maximum atomic E-state index is 14.5. The molecule has 0 spiro atoms. The van der Waals surface area contributed by atoms with Crippen molar-refractivity contribution in [2.75, 3.05) is 0 Å². The summed E-state index contributed by atoms with van der Waals surface area (Å²) in [5.41, 5.74) is 0.0360. The summed E-state index contributed by atoms with van der Waals surface area (Å²) in [6, 6.07) is 9.15. The fraction of sp³-hybridized carbons (Fsp3) is 0.333. The van der Waals surface area contributed by atoms with Gasteiger partial charge >= 0.3 is 0 Å². The Kier molecular flexibility index (Phi) is 7.01. The van der Waals surface area contributed by atoms with E-state index in [9.17, 15) is 18.4 Å². The Hall–Kier alpha value is -2.76. The van der Waals surface area contributed by atoms with E-state index in [4.69, 9.17) is 4.74 Å². The van der Waals surface area contributed by atoms with Crippen molar-refractivity contribution >= 4 is 31.0 Å². The van der Waals surface area contributed by atoms with Crippen molar-refractivity contribution in [3.05, 3.63) is 65.2 Å². The van der Waals surface area contributed by atoms with Crippen LogP contribution in [0.15, 0.2) is 42.5 Å². The van der Waals surface area contributed by atoms with E-state index < -0.39 is 23.0 Å². The summed E-state index contributed by atoms with van der Waals surface area (Å²) in [6.07, 6.45) is 2.81. The van der Waals surface area contributed by atoms with Gasteiger partial charge in [0, 0.05) is 12.0 Å². The van der Waals surface area contributed by atoms with Gasteiger partial charge in [-0.25, -0.2) is 8.78 Å². The maximum absolute atomic E-state index is 14.5. The Labute approximate surface area is 177 Å². The first kappa shape index (κ1) is 23.5. The summed E-state index contributed by atoms with van der Waals surface area (Å²) in [6.45, 7) is 8.70. The van der Waals surface area contributed by atoms with Crippen molar-refractivity contribution in [2.45, 2.75) is 46.6 Å². The van der Waals surface area contributed by atoms with Crippen molar-refractivity contribution in [2.24, 2.45) is 5.41 Å². The zero-order chi connectivity index (χ0) is 22.7. The Morgan fingerprint density at radius 2 is 1.53 bits per heavy atom. The Morgan fingerprint density at radius 1 is 1.00 bits per heavy atom. The number of halogens is 2. The standard InChI is InChI=1S/C24H27BF2O3/c1-23(2,3)14-21(29)24(4,5)30-22-18(26)12-15(13-19(22)27)6-11-20(28)16-7-9-17(25)10-8-16/h6-13H,14,25H2,1-5H3/b11-6+. The zero-order valence-electron chi connectivity index (χ0n) is 18.3. The van der Waals surface area contributed by atoms with Crippen molar-refractivity contribution in [1.82, 2.24) is 0 Å². The number of ketones is 2. The lowest BCUT2D eigenvalue weighted by molar-refractivity contribution is -0.134. The van der Waals surface area contributed by atoms with Crippen molar-refractivity contribution in [3.63, 3.8) is 0 Å². The van der Waals surface area contributed by atoms with Gasteiger partial charge in [-0.15, -0.1) is 0 Å². The van der Waals surface area contributed by atoms with E-state index >= 15 is 0 Å². The number of benzene rings is 2. The van der Waals surface area contributed by atoms with E-state index in [0.717, 1.165) is 17.6 Å². The molecule has 0 fully saturated rings. The third-order valence-corrected chi connectivity index (χ3v) is 4.50. The van der Waals surface area contributed by atoms with Crippen LogP contribution in [-0.2, 0) is 4.79 Å². The molecule has 0 aliphatic heterocycles. The fourth-order valence-corrected chi connectivity index (χ4v) is 2.77. The highest BCUT2D eigenvalue weighted by atomic mass is 19.1. The summed E-state index contributed by atoms with van der Waals surface area (Å²) in [5.74, 6) is -3.00. The molecule has 0 unspecified atom stereocenters. The van der Waals surface area contributed by atoms with Gasteiger partial charge in [0.1, 0.15) is 7.85 Å². The van der Waals surface area contributed by atoms with Gasteiger partial charge in [-0.1, -0.05) is 56.6 Å². The van der Waals surface area contributed by atoms with Gasteiger partial charge in [0.2, 0.25) is 0 Å². The minimum Gasteiger partial charge on any atom is -0.474 e. The lowest BCUT2D eigenvalue weighted by Gasteiger charge is -2.28. The van der Waals surface area contributed by atoms with Crippen molar-refractivity contribution < 1.29 is 23.1 Å². The van der Waals surface area contributed by atoms with Crippen LogP contribution in [0.5, 0.6) is 5.75 Å². The largest absolute Gasteiger partial charge is 0.474 e. The molecule has 30 heavy (non-hydrogen) atoms. The summed E-state index contributed by atoms with van der Waals surface area (Å²) in [7, 11) is 1.91. The van der Waals surface area contributed by atoms with Crippen LogP contribution in [-0.4, -0.2) is 25.0 Å². The van der Waals surface area contributed by atoms with Gasteiger partial charge in [-0.2, -0.15) is 0 Å². The smallest absolute Gasteiger partial charge is 0.192 e. The van der Waals surface area contributed by atoms with Crippen LogP contribution < -0.4 is 10.2 Å². The highest BCUT2D eigenvalue weighted by molar-refractivity contribution is 6.32. The van der Waals surface area contributed by atoms with Gasteiger partial charge in [-0.3, -0.25) is 9.59 Å². The molecule has 2 rings (SSSR count). The summed E-state index contributed by atoms with van der Waals surface area (Å²) < 4.78 is 34.5. The predicted molar refractivity (Wildman–Crippen MR) is 118 cm³/mol. The molecule has 0 saturated heterocycles. The molecule has 2 aromatic carbocycles. The van der Waals surface area contributed by atoms with Gasteiger partial charge in [0.15, 0.2) is 34.6 Å². The van der Waals surface area contributed by atoms with Crippen LogP contribution in [0, 0.1) is 17.0 Å². The minimum atomic E-state index is -1.38. The molecule has 3 nitrogen and oxygen atoms in total. The third-order valence-electron chi connectivity index (χ3n) is 4.50. The van der Waals surface area contributed by atoms with E-state index in [1.54, 1.807) is 12.1 Å². The highest BCUT2D eigenvalue weighted by Gasteiger charge is 2.34. The first-order chi connectivity index (χ1) is 13.8. The normalized spacial score (nSPS) is 12.2. The number of rotatable bonds is 7. The van der Waals surface area contributed by atoms with E-state index in [0.29, 0.717) is 5.56 Å². The van der Waals surface area contributed by atoms with Crippen molar-refractivity contribution in [1.29, 1.82) is 0 Å². The van der Waals surface area contributed by atoms with Crippen LogP contribution in [0.25, 0.3) is 6.08 Å². The summed E-state index contributed by atoms with van der Waals surface area (Å²) in [4.78, 5) is 24.7. The van der Waals surface area contributed by atoms with Gasteiger partial charge in [0.25, 0.3) is 0 Å². The molecular formula is C24H27BF2O3. The monoisotopic (exact) mass is 412 g/mol. The average Bonchev–Trinajstić information content (AvgIpc) is 2.62. The van der Waals surface area contributed by atoms with Crippen LogP contribution in [0.2, 0.25) is 0 Å². The molecule has 0 saturated carbocycles. The van der Waals surface area contributed by atoms with Gasteiger partial charge in [-0.05, 0) is 43.0 Å². The van der Waals surface area contributed by atoms with Crippen LogP contribution in [0.3, 0.4) is 0 Å². The molecule has 0 heterocycles. The second kappa shape index (κ2) is 8.94. The molecule has 158 valence electrons. The van der Waals surface area contributed by atoms with E-state index in [1.807, 2.05) is 40.8 Å². The molecule has 0 aliphatic rings.